The Morgan fingerprint density at radius 2 is 1.91 bits per heavy atom. The topological polar surface area (TPSA) is 97.2 Å². The van der Waals surface area contributed by atoms with E-state index in [1.165, 1.54) is 28.0 Å². The number of aromatic nitrogens is 3. The van der Waals surface area contributed by atoms with Gasteiger partial charge in [-0.2, -0.15) is 4.31 Å². The Hall–Kier alpha value is -1.97. The summed E-state index contributed by atoms with van der Waals surface area (Å²) in [4.78, 5) is 12.8. The van der Waals surface area contributed by atoms with E-state index in [0.717, 1.165) is 12.0 Å². The first-order valence-corrected chi connectivity index (χ1v) is 13.4. The van der Waals surface area contributed by atoms with Crippen LogP contribution in [0.25, 0.3) is 0 Å². The highest BCUT2D eigenvalue weighted by molar-refractivity contribution is 7.89. The van der Waals surface area contributed by atoms with Crippen molar-refractivity contribution in [3.63, 3.8) is 0 Å². The minimum Gasteiger partial charge on any atom is -0.351 e. The number of halogens is 1. The fraction of sp³-hybridized carbons (Fsp3) is 0.609. The van der Waals surface area contributed by atoms with E-state index in [2.05, 4.69) is 15.5 Å². The molecule has 2 fully saturated rings. The number of nitrogens with zero attached hydrogens (tertiary/aromatic N) is 4. The molecule has 1 aromatic carbocycles. The van der Waals surface area contributed by atoms with Gasteiger partial charge in [0.1, 0.15) is 6.33 Å². The van der Waals surface area contributed by atoms with E-state index in [9.17, 15) is 13.2 Å². The van der Waals surface area contributed by atoms with Crippen LogP contribution in [0.15, 0.2) is 29.7 Å². The molecule has 33 heavy (non-hydrogen) atoms. The van der Waals surface area contributed by atoms with Gasteiger partial charge in [0.25, 0.3) is 21.1 Å². The van der Waals surface area contributed by atoms with Crippen molar-refractivity contribution in [1.29, 1.82) is 0 Å². The van der Waals surface area contributed by atoms with Gasteiger partial charge in [-0.15, -0.1) is 10.2 Å². The summed E-state index contributed by atoms with van der Waals surface area (Å²) in [6.07, 6.45) is 6.26. The molecule has 1 aliphatic carbocycles. The largest absolute Gasteiger partial charge is 0.351 e. The van der Waals surface area contributed by atoms with Crippen LogP contribution in [0.2, 0.25) is 5.02 Å². The summed E-state index contributed by atoms with van der Waals surface area (Å²) in [7, 11) is -2.05. The lowest BCUT2D eigenvalue weighted by Gasteiger charge is -2.41. The first-order valence-electron chi connectivity index (χ1n) is 11.6. The average molecular weight is 496 g/mol. The Kier molecular flexibility index (Phi) is 8.18. The van der Waals surface area contributed by atoms with Gasteiger partial charge in [0.05, 0.1) is 0 Å². The highest BCUT2D eigenvalue weighted by Gasteiger charge is 2.43. The van der Waals surface area contributed by atoms with E-state index in [0.29, 0.717) is 49.0 Å². The Morgan fingerprint density at radius 1 is 1.24 bits per heavy atom. The van der Waals surface area contributed by atoms with Crippen molar-refractivity contribution in [3.05, 3.63) is 40.7 Å². The zero-order chi connectivity index (χ0) is 24.2. The van der Waals surface area contributed by atoms with Crippen LogP contribution in [0, 0.1) is 18.3 Å². The highest BCUT2D eigenvalue weighted by Crippen LogP contribution is 2.46. The first-order chi connectivity index (χ1) is 15.7. The summed E-state index contributed by atoms with van der Waals surface area (Å²) in [6.45, 7) is 7.24. The smallest absolute Gasteiger partial charge is 0.278 e. The Balaban J connectivity index is 0.00000149. The van der Waals surface area contributed by atoms with Gasteiger partial charge >= 0.3 is 0 Å². The number of piperidine rings is 1. The number of carbonyl (C=O) groups is 1. The molecule has 182 valence electrons. The minimum atomic E-state index is -3.67. The van der Waals surface area contributed by atoms with Gasteiger partial charge in [-0.05, 0) is 61.3 Å². The van der Waals surface area contributed by atoms with E-state index >= 15 is 0 Å². The normalized spacial score (nSPS) is 18.3. The van der Waals surface area contributed by atoms with E-state index in [1.54, 1.807) is 25.2 Å². The van der Waals surface area contributed by atoms with Crippen molar-refractivity contribution in [2.45, 2.75) is 58.0 Å². The van der Waals surface area contributed by atoms with Crippen molar-refractivity contribution < 1.29 is 13.2 Å². The van der Waals surface area contributed by atoms with Gasteiger partial charge in [0.15, 0.2) is 0 Å². The molecule has 4 rings (SSSR count). The maximum absolute atomic E-state index is 13.0. The first kappa shape index (κ1) is 25.6. The van der Waals surface area contributed by atoms with E-state index < -0.39 is 10.0 Å². The van der Waals surface area contributed by atoms with Crippen molar-refractivity contribution in [2.24, 2.45) is 18.4 Å². The number of amides is 1. The highest BCUT2D eigenvalue weighted by atomic mass is 35.5. The molecule has 1 saturated heterocycles. The van der Waals surface area contributed by atoms with Crippen LogP contribution in [0.1, 0.15) is 61.9 Å². The number of rotatable bonds is 7. The van der Waals surface area contributed by atoms with Gasteiger partial charge in [-0.25, -0.2) is 8.42 Å². The van der Waals surface area contributed by atoms with Crippen LogP contribution < -0.4 is 5.32 Å². The molecule has 1 saturated carbocycles. The molecule has 1 aromatic heterocycles. The van der Waals surface area contributed by atoms with Crippen molar-refractivity contribution in [1.82, 2.24) is 24.4 Å². The molecular formula is C23H34ClN5O3S. The standard InChI is InChI=1S/C21H28ClN5O3S.C2H6/c1-15-11-17(22)5-6-18(15)19(28)23-13-21(12-16-3-4-16)7-9-27(10-8-21)31(29,30)20-25-24-14-26(20)2;1-2/h5-6,11,14,16H,3-4,7-10,12-13H2,1-2H3,(H,23,28);1-2H3. The minimum absolute atomic E-state index is 0.0336. The Labute approximate surface area is 201 Å². The summed E-state index contributed by atoms with van der Waals surface area (Å²) in [5, 5.41) is 11.2. The second kappa shape index (κ2) is 10.5. The Bertz CT molecular complexity index is 1070. The maximum Gasteiger partial charge on any atom is 0.278 e. The Morgan fingerprint density at radius 3 is 2.45 bits per heavy atom. The number of hydrogen-bond acceptors (Lipinski definition) is 5. The lowest BCUT2D eigenvalue weighted by atomic mass is 9.74. The summed E-state index contributed by atoms with van der Waals surface area (Å²) >= 11 is 6.01. The zero-order valence-corrected chi connectivity index (χ0v) is 21.4. The summed E-state index contributed by atoms with van der Waals surface area (Å²) < 4.78 is 28.8. The molecule has 1 aliphatic heterocycles. The molecule has 0 bridgehead atoms. The van der Waals surface area contributed by atoms with Gasteiger partial charge in [-0.1, -0.05) is 38.3 Å². The third kappa shape index (κ3) is 5.94. The molecule has 2 heterocycles. The number of sulfonamides is 1. The van der Waals surface area contributed by atoms with Crippen molar-refractivity contribution in [2.75, 3.05) is 19.6 Å². The van der Waals surface area contributed by atoms with Gasteiger partial charge in [0, 0.05) is 37.3 Å². The number of benzene rings is 1. The third-order valence-electron chi connectivity index (χ3n) is 6.50. The molecule has 8 nitrogen and oxygen atoms in total. The average Bonchev–Trinajstić information content (AvgIpc) is 3.49. The quantitative estimate of drug-likeness (QED) is 0.630. The second-order valence-corrected chi connectivity index (χ2v) is 11.2. The van der Waals surface area contributed by atoms with Crippen LogP contribution in [-0.2, 0) is 17.1 Å². The summed E-state index contributed by atoms with van der Waals surface area (Å²) in [5.74, 6) is 0.564. The SMILES string of the molecule is CC.Cc1cc(Cl)ccc1C(=O)NCC1(CC2CC2)CCN(S(=O)(=O)c2nncn2C)CC1. The molecule has 1 N–H and O–H groups in total. The van der Waals surface area contributed by atoms with E-state index in [-0.39, 0.29) is 16.5 Å². The van der Waals surface area contributed by atoms with Gasteiger partial charge < -0.3 is 9.88 Å². The van der Waals surface area contributed by atoms with Crippen LogP contribution in [0.5, 0.6) is 0 Å². The van der Waals surface area contributed by atoms with Crippen molar-refractivity contribution in [3.8, 4) is 0 Å². The van der Waals surface area contributed by atoms with Crippen LogP contribution in [0.4, 0.5) is 0 Å². The fourth-order valence-electron chi connectivity index (χ4n) is 4.45. The lowest BCUT2D eigenvalue weighted by Crippen LogP contribution is -2.48. The van der Waals surface area contributed by atoms with Crippen LogP contribution in [-0.4, -0.2) is 53.0 Å². The summed E-state index contributed by atoms with van der Waals surface area (Å²) in [6, 6.07) is 5.25. The fourth-order valence-corrected chi connectivity index (χ4v) is 6.14. The molecule has 0 unspecified atom stereocenters. The molecule has 10 heteroatoms. The molecule has 2 aliphatic rings. The molecule has 0 radical (unpaired) electrons. The van der Waals surface area contributed by atoms with Crippen LogP contribution >= 0.6 is 11.6 Å². The van der Waals surface area contributed by atoms with Crippen molar-refractivity contribution >= 4 is 27.5 Å². The predicted molar refractivity (Wildman–Crippen MR) is 129 cm³/mol. The molecule has 0 atom stereocenters. The van der Waals surface area contributed by atoms with E-state index in [1.807, 2.05) is 20.8 Å². The lowest BCUT2D eigenvalue weighted by molar-refractivity contribution is 0.0870. The monoisotopic (exact) mass is 495 g/mol. The number of hydrogen-bond donors (Lipinski definition) is 1. The van der Waals surface area contributed by atoms with Gasteiger partial charge in [0.2, 0.25) is 0 Å². The van der Waals surface area contributed by atoms with Gasteiger partial charge in [-0.3, -0.25) is 4.79 Å². The molecule has 1 amide bonds. The summed E-state index contributed by atoms with van der Waals surface area (Å²) in [5.41, 5.74) is 1.36. The molecular weight excluding hydrogens is 462 g/mol. The second-order valence-electron chi connectivity index (χ2n) is 8.92. The zero-order valence-electron chi connectivity index (χ0n) is 19.8. The number of carbonyl (C=O) groups excluding carboxylic acids is 1. The number of aryl methyl sites for hydroxylation is 2. The third-order valence-corrected chi connectivity index (χ3v) is 8.61. The molecule has 2 aromatic rings. The van der Waals surface area contributed by atoms with E-state index in [4.69, 9.17) is 11.6 Å². The molecule has 0 spiro atoms. The predicted octanol–water partition coefficient (Wildman–Crippen LogP) is 3.80. The number of nitrogens with one attached hydrogen (secondary N) is 1. The maximum atomic E-state index is 13.0. The van der Waals surface area contributed by atoms with Crippen LogP contribution in [0.3, 0.4) is 0 Å².